The monoisotopic (exact) mass is 280 g/mol. The van der Waals surface area contributed by atoms with Gasteiger partial charge in [-0.3, -0.25) is 5.21 Å². The van der Waals surface area contributed by atoms with Crippen LogP contribution >= 0.6 is 31.9 Å². The molecule has 1 aromatic heterocycles. The molecule has 0 aliphatic carbocycles. The van der Waals surface area contributed by atoms with E-state index in [1.807, 2.05) is 18.2 Å². The van der Waals surface area contributed by atoms with E-state index in [1.54, 1.807) is 0 Å². The summed E-state index contributed by atoms with van der Waals surface area (Å²) in [5, 5.41) is 10.8. The normalized spacial score (nSPS) is 10.0. The Balaban J connectivity index is 3.10. The largest absolute Gasteiger partial charge is 0.285 e. The molecule has 0 aliphatic rings. The fourth-order valence-electron chi connectivity index (χ4n) is 0.798. The lowest BCUT2D eigenvalue weighted by molar-refractivity contribution is -0.913. The molecule has 0 atom stereocenters. The first-order valence-electron chi connectivity index (χ1n) is 3.13. The lowest BCUT2D eigenvalue weighted by atomic mass is 10.3. The summed E-state index contributed by atoms with van der Waals surface area (Å²) in [6, 6.07) is 5.64. The maximum absolute atomic E-state index is 9.45. The molecule has 0 radical (unpaired) electrons. The predicted octanol–water partition coefficient (Wildman–Crippen LogP) is 2.00. The number of hydrogen-bond acceptors (Lipinski definition) is 1. The van der Waals surface area contributed by atoms with Crippen LogP contribution in [0, 0.1) is 0 Å². The molecule has 0 aliphatic heterocycles. The van der Waals surface area contributed by atoms with Gasteiger partial charge in [-0.25, -0.2) is 0 Å². The highest BCUT2D eigenvalue weighted by Crippen LogP contribution is 2.03. The van der Waals surface area contributed by atoms with Gasteiger partial charge in [0.05, 0.1) is 10.7 Å². The van der Waals surface area contributed by atoms with E-state index >= 15 is 0 Å². The van der Waals surface area contributed by atoms with Crippen molar-refractivity contribution in [1.29, 1.82) is 0 Å². The molecule has 1 aromatic rings. The highest BCUT2D eigenvalue weighted by molar-refractivity contribution is 9.08. The van der Waals surface area contributed by atoms with Crippen LogP contribution in [-0.4, -0.2) is 5.21 Å². The summed E-state index contributed by atoms with van der Waals surface area (Å²) in [7, 11) is 0. The Morgan fingerprint density at radius 3 is 2.00 bits per heavy atom. The van der Waals surface area contributed by atoms with Crippen molar-refractivity contribution < 1.29 is 9.94 Å². The minimum absolute atomic E-state index is 0.657. The number of rotatable bonds is 2. The zero-order valence-corrected chi connectivity index (χ0v) is 8.97. The quantitative estimate of drug-likeness (QED) is 0.500. The van der Waals surface area contributed by atoms with Crippen LogP contribution in [0.25, 0.3) is 0 Å². The molecular formula is C7H8Br2NO+. The van der Waals surface area contributed by atoms with Gasteiger partial charge in [-0.15, -0.1) is 0 Å². The average molecular weight is 282 g/mol. The second-order valence-electron chi connectivity index (χ2n) is 2.09. The van der Waals surface area contributed by atoms with Crippen LogP contribution in [0.3, 0.4) is 0 Å². The Morgan fingerprint density at radius 1 is 1.18 bits per heavy atom. The van der Waals surface area contributed by atoms with Gasteiger partial charge in [0.1, 0.15) is 0 Å². The molecule has 0 aromatic carbocycles. The van der Waals surface area contributed by atoms with E-state index in [4.69, 9.17) is 0 Å². The molecule has 4 heteroatoms. The van der Waals surface area contributed by atoms with Gasteiger partial charge in [-0.05, 0) is 6.07 Å². The smallest absolute Gasteiger partial charge is 0.244 e. The number of hydrogen-bond donors (Lipinski definition) is 1. The second kappa shape index (κ2) is 4.07. The lowest BCUT2D eigenvalue weighted by Crippen LogP contribution is -2.38. The zero-order valence-electron chi connectivity index (χ0n) is 5.80. The molecule has 0 bridgehead atoms. The maximum atomic E-state index is 9.45. The summed E-state index contributed by atoms with van der Waals surface area (Å²) in [6.45, 7) is 0. The number of aromatic nitrogens is 1. The van der Waals surface area contributed by atoms with Crippen LogP contribution in [0.5, 0.6) is 0 Å². The molecule has 0 saturated carbocycles. The van der Waals surface area contributed by atoms with Crippen molar-refractivity contribution in [2.24, 2.45) is 0 Å². The summed E-state index contributed by atoms with van der Waals surface area (Å²) in [4.78, 5) is 0. The van der Waals surface area contributed by atoms with Crippen molar-refractivity contribution in [3.8, 4) is 0 Å². The molecule has 0 saturated heterocycles. The molecule has 0 fully saturated rings. The minimum Gasteiger partial charge on any atom is -0.285 e. The van der Waals surface area contributed by atoms with Gasteiger partial charge in [0.15, 0.2) is 0 Å². The van der Waals surface area contributed by atoms with Crippen LogP contribution in [0.1, 0.15) is 11.4 Å². The van der Waals surface area contributed by atoms with Gasteiger partial charge in [0.25, 0.3) is 0 Å². The average Bonchev–Trinajstić information content (AvgIpc) is 2.05. The number of pyridine rings is 1. The molecule has 0 amide bonds. The summed E-state index contributed by atoms with van der Waals surface area (Å²) in [5.41, 5.74) is 1.70. The summed E-state index contributed by atoms with van der Waals surface area (Å²) < 4.78 is 1.18. The summed E-state index contributed by atoms with van der Waals surface area (Å²) in [5.74, 6) is 0. The maximum Gasteiger partial charge on any atom is 0.244 e. The third-order valence-electron chi connectivity index (χ3n) is 1.40. The van der Waals surface area contributed by atoms with Gasteiger partial charge in [0.2, 0.25) is 11.4 Å². The molecule has 11 heavy (non-hydrogen) atoms. The molecule has 1 N–H and O–H groups in total. The van der Waals surface area contributed by atoms with Crippen molar-refractivity contribution in [2.45, 2.75) is 10.7 Å². The third kappa shape index (κ3) is 1.93. The molecular weight excluding hydrogens is 274 g/mol. The predicted molar refractivity (Wildman–Crippen MR) is 49.1 cm³/mol. The first-order chi connectivity index (χ1) is 5.29. The second-order valence-corrected chi connectivity index (χ2v) is 3.21. The van der Waals surface area contributed by atoms with E-state index in [9.17, 15) is 5.21 Å². The summed E-state index contributed by atoms with van der Waals surface area (Å²) in [6.07, 6.45) is 0. The van der Waals surface area contributed by atoms with Gasteiger partial charge in [-0.2, -0.15) is 0 Å². The third-order valence-corrected chi connectivity index (χ3v) is 2.54. The first-order valence-corrected chi connectivity index (χ1v) is 5.38. The standard InChI is InChI=1S/C7H8Br2NO/c8-4-6-2-1-3-7(5-9)10(6)11/h1-3,11H,4-5H2/q+1. The van der Waals surface area contributed by atoms with E-state index in [1.165, 1.54) is 4.73 Å². The van der Waals surface area contributed by atoms with Gasteiger partial charge in [0, 0.05) is 16.9 Å². The van der Waals surface area contributed by atoms with Crippen LogP contribution in [0.2, 0.25) is 0 Å². The lowest BCUT2D eigenvalue weighted by Gasteiger charge is -1.94. The molecule has 0 unspecified atom stereocenters. The van der Waals surface area contributed by atoms with Gasteiger partial charge >= 0.3 is 0 Å². The molecule has 0 spiro atoms. The van der Waals surface area contributed by atoms with Crippen molar-refractivity contribution in [3.05, 3.63) is 29.6 Å². The van der Waals surface area contributed by atoms with Crippen LogP contribution in [0.4, 0.5) is 0 Å². The van der Waals surface area contributed by atoms with Crippen LogP contribution in [-0.2, 0) is 10.7 Å². The van der Waals surface area contributed by atoms with E-state index in [0.717, 1.165) is 11.4 Å². The van der Waals surface area contributed by atoms with Crippen LogP contribution in [0.15, 0.2) is 18.2 Å². The molecule has 2 nitrogen and oxygen atoms in total. The molecule has 1 rings (SSSR count). The summed E-state index contributed by atoms with van der Waals surface area (Å²) >= 11 is 6.55. The van der Waals surface area contributed by atoms with E-state index < -0.39 is 0 Å². The van der Waals surface area contributed by atoms with Crippen molar-refractivity contribution >= 4 is 31.9 Å². The number of alkyl halides is 2. The highest BCUT2D eigenvalue weighted by atomic mass is 79.9. The van der Waals surface area contributed by atoms with E-state index in [-0.39, 0.29) is 0 Å². The fraction of sp³-hybridized carbons (Fsp3) is 0.286. The minimum atomic E-state index is 0.657. The Hall–Kier alpha value is -0.0900. The highest BCUT2D eigenvalue weighted by Gasteiger charge is 2.12. The van der Waals surface area contributed by atoms with Gasteiger partial charge in [-0.1, -0.05) is 31.9 Å². The van der Waals surface area contributed by atoms with Gasteiger partial charge < -0.3 is 0 Å². The number of nitrogens with zero attached hydrogens (tertiary/aromatic N) is 1. The fourth-order valence-corrected chi connectivity index (χ4v) is 1.65. The molecule has 1 heterocycles. The van der Waals surface area contributed by atoms with Crippen molar-refractivity contribution in [2.75, 3.05) is 0 Å². The van der Waals surface area contributed by atoms with Crippen molar-refractivity contribution in [3.63, 3.8) is 0 Å². The van der Waals surface area contributed by atoms with Crippen molar-refractivity contribution in [1.82, 2.24) is 0 Å². The topological polar surface area (TPSA) is 24.1 Å². The SMILES string of the molecule is O[n+]1c(CBr)cccc1CBr. The van der Waals surface area contributed by atoms with Crippen LogP contribution < -0.4 is 4.73 Å². The number of halogens is 2. The molecule has 60 valence electrons. The first kappa shape index (κ1) is 9.00. The Bertz CT molecular complexity index is 230. The Kier molecular flexibility index (Phi) is 3.33. The Morgan fingerprint density at radius 2 is 1.64 bits per heavy atom. The Labute approximate surface area is 82.1 Å². The van der Waals surface area contributed by atoms with E-state index in [0.29, 0.717) is 10.7 Å². The van der Waals surface area contributed by atoms with E-state index in [2.05, 4.69) is 31.9 Å². The zero-order chi connectivity index (χ0) is 8.27.